The molecule has 23 heavy (non-hydrogen) atoms. The van der Waals surface area contributed by atoms with Gasteiger partial charge in [0.25, 0.3) is 5.91 Å². The zero-order valence-electron chi connectivity index (χ0n) is 13.3. The van der Waals surface area contributed by atoms with Gasteiger partial charge in [-0.05, 0) is 62.2 Å². The predicted octanol–water partition coefficient (Wildman–Crippen LogP) is 4.11. The van der Waals surface area contributed by atoms with Gasteiger partial charge in [0.2, 0.25) is 0 Å². The van der Waals surface area contributed by atoms with Crippen molar-refractivity contribution in [3.05, 3.63) is 58.6 Å². The molecule has 2 aromatic rings. The lowest BCUT2D eigenvalue weighted by atomic mass is 10.1. The molecule has 0 aromatic heterocycles. The molecule has 0 heterocycles. The minimum absolute atomic E-state index is 0.262. The van der Waals surface area contributed by atoms with Gasteiger partial charge in [0.05, 0.1) is 6.10 Å². The minimum atomic E-state index is -0.662. The van der Waals surface area contributed by atoms with Gasteiger partial charge in [-0.1, -0.05) is 23.7 Å². The minimum Gasteiger partial charge on any atom is -0.481 e. The van der Waals surface area contributed by atoms with Crippen molar-refractivity contribution in [2.24, 2.45) is 0 Å². The molecule has 5 heteroatoms. The predicted molar refractivity (Wildman–Crippen MR) is 92.0 cm³/mol. The average molecular weight is 334 g/mol. The molecular weight excluding hydrogens is 314 g/mol. The molecule has 2 aromatic carbocycles. The summed E-state index contributed by atoms with van der Waals surface area (Å²) in [6.45, 7) is 5.23. The smallest absolute Gasteiger partial charge is 0.265 e. The summed E-state index contributed by atoms with van der Waals surface area (Å²) < 4.78 is 5.69. The van der Waals surface area contributed by atoms with Gasteiger partial charge in [0, 0.05) is 10.7 Å². The van der Waals surface area contributed by atoms with E-state index in [1.54, 1.807) is 56.3 Å². The average Bonchev–Trinajstić information content (AvgIpc) is 2.50. The number of amides is 1. The molecule has 0 spiro atoms. The number of rotatable bonds is 5. The third-order valence-corrected chi connectivity index (χ3v) is 3.68. The Morgan fingerprint density at radius 3 is 2.61 bits per heavy atom. The van der Waals surface area contributed by atoms with Gasteiger partial charge in [-0.15, -0.1) is 0 Å². The summed E-state index contributed by atoms with van der Waals surface area (Å²) in [6.07, 6.45) is -1.25. The third kappa shape index (κ3) is 4.71. The van der Waals surface area contributed by atoms with Gasteiger partial charge in [0.1, 0.15) is 5.75 Å². The normalized spacial score (nSPS) is 13.3. The van der Waals surface area contributed by atoms with Crippen LogP contribution in [0.2, 0.25) is 5.02 Å². The SMILES string of the molecule is Cc1cc(Cl)ccc1O[C@H](C)C(=O)Nc1cccc([C@H](C)O)c1. The number of aliphatic hydroxyl groups excluding tert-OH is 1. The first-order valence-electron chi connectivity index (χ1n) is 7.38. The highest BCUT2D eigenvalue weighted by Crippen LogP contribution is 2.23. The quantitative estimate of drug-likeness (QED) is 0.865. The molecular formula is C18H20ClNO3. The Hall–Kier alpha value is -2.04. The summed E-state index contributed by atoms with van der Waals surface area (Å²) in [6, 6.07) is 12.3. The third-order valence-electron chi connectivity index (χ3n) is 3.45. The van der Waals surface area contributed by atoms with E-state index in [0.29, 0.717) is 16.5 Å². The van der Waals surface area contributed by atoms with Gasteiger partial charge in [-0.2, -0.15) is 0 Å². The molecule has 2 atom stereocenters. The Morgan fingerprint density at radius 1 is 1.22 bits per heavy atom. The van der Waals surface area contributed by atoms with Crippen molar-refractivity contribution in [1.29, 1.82) is 0 Å². The summed E-state index contributed by atoms with van der Waals surface area (Å²) in [7, 11) is 0. The molecule has 0 saturated carbocycles. The Bertz CT molecular complexity index is 700. The number of aryl methyl sites for hydroxylation is 1. The highest BCUT2D eigenvalue weighted by Gasteiger charge is 2.16. The fourth-order valence-electron chi connectivity index (χ4n) is 2.11. The van der Waals surface area contributed by atoms with Gasteiger partial charge in [-0.25, -0.2) is 0 Å². The maximum atomic E-state index is 12.3. The molecule has 0 aliphatic rings. The number of aliphatic hydroxyl groups is 1. The molecule has 0 bridgehead atoms. The molecule has 0 radical (unpaired) electrons. The molecule has 0 aliphatic carbocycles. The van der Waals surface area contributed by atoms with Crippen LogP contribution < -0.4 is 10.1 Å². The number of nitrogens with one attached hydrogen (secondary N) is 1. The van der Waals surface area contributed by atoms with Crippen LogP contribution in [0, 0.1) is 6.92 Å². The van der Waals surface area contributed by atoms with Crippen molar-refractivity contribution < 1.29 is 14.6 Å². The van der Waals surface area contributed by atoms with Crippen molar-refractivity contribution in [2.75, 3.05) is 5.32 Å². The van der Waals surface area contributed by atoms with Gasteiger partial charge >= 0.3 is 0 Å². The van der Waals surface area contributed by atoms with Crippen molar-refractivity contribution in [3.63, 3.8) is 0 Å². The summed E-state index contributed by atoms with van der Waals surface area (Å²) in [5, 5.41) is 13.0. The zero-order chi connectivity index (χ0) is 17.0. The van der Waals surface area contributed by atoms with E-state index in [9.17, 15) is 9.90 Å². The molecule has 0 fully saturated rings. The Labute approximate surface area is 141 Å². The van der Waals surface area contributed by atoms with Crippen LogP contribution in [-0.2, 0) is 4.79 Å². The van der Waals surface area contributed by atoms with Gasteiger partial charge in [-0.3, -0.25) is 4.79 Å². The Kier molecular flexibility index (Phi) is 5.64. The first-order valence-corrected chi connectivity index (χ1v) is 7.76. The number of hydrogen-bond acceptors (Lipinski definition) is 3. The Balaban J connectivity index is 2.04. The highest BCUT2D eigenvalue weighted by molar-refractivity contribution is 6.30. The fraction of sp³-hybridized carbons (Fsp3) is 0.278. The lowest BCUT2D eigenvalue weighted by Crippen LogP contribution is -2.30. The van der Waals surface area contributed by atoms with Crippen molar-refractivity contribution in [1.82, 2.24) is 0 Å². The second-order valence-corrected chi connectivity index (χ2v) is 5.90. The number of hydrogen-bond donors (Lipinski definition) is 2. The van der Waals surface area contributed by atoms with Crippen molar-refractivity contribution in [3.8, 4) is 5.75 Å². The van der Waals surface area contributed by atoms with Crippen LogP contribution in [0.3, 0.4) is 0 Å². The van der Waals surface area contributed by atoms with Crippen LogP contribution in [0.25, 0.3) is 0 Å². The molecule has 122 valence electrons. The number of benzene rings is 2. The molecule has 2 N–H and O–H groups in total. The standard InChI is InChI=1S/C18H20ClNO3/c1-11-9-15(19)7-8-17(11)23-13(3)18(22)20-16-6-4-5-14(10-16)12(2)21/h4-10,12-13,21H,1-3H3,(H,20,22)/t12-,13+/m0/s1. The number of carbonyl (C=O) groups is 1. The maximum absolute atomic E-state index is 12.3. The first-order chi connectivity index (χ1) is 10.9. The van der Waals surface area contributed by atoms with Crippen LogP contribution in [-0.4, -0.2) is 17.1 Å². The first kappa shape index (κ1) is 17.3. The summed E-state index contributed by atoms with van der Waals surface area (Å²) in [5.41, 5.74) is 2.23. The van der Waals surface area contributed by atoms with E-state index in [4.69, 9.17) is 16.3 Å². The summed E-state index contributed by atoms with van der Waals surface area (Å²) >= 11 is 5.91. The van der Waals surface area contributed by atoms with Gasteiger partial charge in [0.15, 0.2) is 6.10 Å². The summed E-state index contributed by atoms with van der Waals surface area (Å²) in [4.78, 5) is 12.3. The van der Waals surface area contributed by atoms with Crippen LogP contribution >= 0.6 is 11.6 Å². The van der Waals surface area contributed by atoms with Gasteiger partial charge < -0.3 is 15.2 Å². The van der Waals surface area contributed by atoms with E-state index in [-0.39, 0.29) is 5.91 Å². The van der Waals surface area contributed by atoms with Crippen molar-refractivity contribution in [2.45, 2.75) is 33.0 Å². The van der Waals surface area contributed by atoms with E-state index < -0.39 is 12.2 Å². The van der Waals surface area contributed by atoms with E-state index in [2.05, 4.69) is 5.32 Å². The number of carbonyl (C=O) groups excluding carboxylic acids is 1. The van der Waals surface area contributed by atoms with Crippen LogP contribution in [0.5, 0.6) is 5.75 Å². The van der Waals surface area contributed by atoms with E-state index in [1.807, 2.05) is 6.92 Å². The van der Waals surface area contributed by atoms with E-state index >= 15 is 0 Å². The van der Waals surface area contributed by atoms with Crippen LogP contribution in [0.1, 0.15) is 31.1 Å². The topological polar surface area (TPSA) is 58.6 Å². The molecule has 4 nitrogen and oxygen atoms in total. The second kappa shape index (κ2) is 7.49. The number of ether oxygens (including phenoxy) is 1. The largest absolute Gasteiger partial charge is 0.481 e. The zero-order valence-corrected chi connectivity index (χ0v) is 14.1. The fourth-order valence-corrected chi connectivity index (χ4v) is 2.34. The molecule has 0 aliphatic heterocycles. The van der Waals surface area contributed by atoms with Crippen LogP contribution in [0.15, 0.2) is 42.5 Å². The Morgan fingerprint density at radius 2 is 1.96 bits per heavy atom. The van der Waals surface area contributed by atoms with Crippen LogP contribution in [0.4, 0.5) is 5.69 Å². The number of anilines is 1. The molecule has 0 saturated heterocycles. The molecule has 2 rings (SSSR count). The lowest BCUT2D eigenvalue weighted by Gasteiger charge is -2.17. The van der Waals surface area contributed by atoms with Crippen molar-refractivity contribution >= 4 is 23.2 Å². The monoisotopic (exact) mass is 333 g/mol. The maximum Gasteiger partial charge on any atom is 0.265 e. The highest BCUT2D eigenvalue weighted by atomic mass is 35.5. The summed E-state index contributed by atoms with van der Waals surface area (Å²) in [5.74, 6) is 0.358. The second-order valence-electron chi connectivity index (χ2n) is 5.46. The molecule has 1 amide bonds. The number of halogens is 1. The van der Waals surface area contributed by atoms with E-state index in [0.717, 1.165) is 11.1 Å². The lowest BCUT2D eigenvalue weighted by molar-refractivity contribution is -0.122. The van der Waals surface area contributed by atoms with E-state index in [1.165, 1.54) is 0 Å². The molecule has 0 unspecified atom stereocenters.